The predicted molar refractivity (Wildman–Crippen MR) is 33.3 cm³/mol. The van der Waals surface area contributed by atoms with Crippen LogP contribution in [0.2, 0.25) is 0 Å². The summed E-state index contributed by atoms with van der Waals surface area (Å²) in [5.74, 6) is 0. The van der Waals surface area contributed by atoms with Crippen LogP contribution in [0.25, 0.3) is 0 Å². The first-order valence-electron chi connectivity index (χ1n) is 3.42. The maximum absolute atomic E-state index is 4.63. The number of hydrogen-bond acceptors (Lipinski definition) is 2. The minimum atomic E-state index is 1.06. The van der Waals surface area contributed by atoms with Crippen molar-refractivity contribution in [1.82, 2.24) is 0 Å². The number of nitrogens with zero attached hydrogens (tertiary/aromatic N) is 2. The van der Waals surface area contributed by atoms with Crippen molar-refractivity contribution in [2.45, 2.75) is 19.3 Å². The summed E-state index contributed by atoms with van der Waals surface area (Å²) in [6.45, 7) is 2.13. The second-order valence-electron chi connectivity index (χ2n) is 2.28. The number of hydrogen-bond donors (Lipinski definition) is 0. The predicted octanol–water partition coefficient (Wildman–Crippen LogP) is 1.20. The summed E-state index contributed by atoms with van der Waals surface area (Å²) < 4.78 is 1.98. The van der Waals surface area contributed by atoms with Crippen molar-refractivity contribution in [3.63, 3.8) is 0 Å². The first-order valence-corrected chi connectivity index (χ1v) is 3.42. The van der Waals surface area contributed by atoms with E-state index in [2.05, 4.69) is 10.1 Å². The molecule has 0 unspecified atom stereocenters. The van der Waals surface area contributed by atoms with E-state index in [4.69, 9.17) is 0 Å². The van der Waals surface area contributed by atoms with Crippen LogP contribution in [-0.2, 0) is 4.84 Å². The summed E-state index contributed by atoms with van der Waals surface area (Å²) >= 11 is 0. The van der Waals surface area contributed by atoms with E-state index in [0.29, 0.717) is 0 Å². The summed E-state index contributed by atoms with van der Waals surface area (Å²) in [6, 6.07) is 0. The fourth-order valence-corrected chi connectivity index (χ4v) is 1.07. The van der Waals surface area contributed by atoms with Crippen molar-refractivity contribution in [1.29, 1.82) is 0 Å². The minimum Gasteiger partial charge on any atom is -0.351 e. The van der Waals surface area contributed by atoms with Crippen LogP contribution in [0.3, 0.4) is 0 Å². The number of piperidine rings is 1. The Bertz CT molecular complexity index is 104. The van der Waals surface area contributed by atoms with Crippen molar-refractivity contribution in [3.8, 4) is 0 Å². The lowest BCUT2D eigenvalue weighted by atomic mass is 10.2. The lowest BCUT2D eigenvalue weighted by Gasteiger charge is -2.04. The molecule has 3 nitrogen and oxygen atoms in total. The molecule has 0 aromatic rings. The van der Waals surface area contributed by atoms with Crippen molar-refractivity contribution < 1.29 is 9.53 Å². The molecule has 0 aliphatic carbocycles. The van der Waals surface area contributed by atoms with Gasteiger partial charge in [-0.2, -0.15) is 0 Å². The SMILES string of the molecule is CON=[N+]1CCCCC1. The van der Waals surface area contributed by atoms with Crippen LogP contribution >= 0.6 is 0 Å². The molecule has 0 atom stereocenters. The van der Waals surface area contributed by atoms with Crippen molar-refractivity contribution in [2.24, 2.45) is 5.28 Å². The van der Waals surface area contributed by atoms with Crippen LogP contribution in [0.5, 0.6) is 0 Å². The molecular formula is C6H13N2O+. The Morgan fingerprint density at radius 2 is 1.89 bits per heavy atom. The van der Waals surface area contributed by atoms with E-state index in [0.717, 1.165) is 13.1 Å². The van der Waals surface area contributed by atoms with Gasteiger partial charge < -0.3 is 4.84 Å². The molecule has 1 heterocycles. The van der Waals surface area contributed by atoms with Crippen LogP contribution in [0, 0.1) is 0 Å². The smallest absolute Gasteiger partial charge is 0.186 e. The summed E-state index contributed by atoms with van der Waals surface area (Å²) in [6.07, 6.45) is 3.86. The Kier molecular flexibility index (Phi) is 2.48. The van der Waals surface area contributed by atoms with E-state index < -0.39 is 0 Å². The molecule has 1 saturated heterocycles. The van der Waals surface area contributed by atoms with Crippen LogP contribution < -0.4 is 0 Å². The second kappa shape index (κ2) is 3.43. The van der Waals surface area contributed by atoms with Gasteiger partial charge in [-0.25, -0.2) is 0 Å². The highest BCUT2D eigenvalue weighted by Gasteiger charge is 2.11. The summed E-state index contributed by atoms with van der Waals surface area (Å²) in [7, 11) is 1.59. The quantitative estimate of drug-likeness (QED) is 0.385. The third kappa shape index (κ3) is 2.00. The van der Waals surface area contributed by atoms with Gasteiger partial charge in [0.15, 0.2) is 18.4 Å². The fraction of sp³-hybridized carbons (Fsp3) is 1.00. The Hall–Kier alpha value is -0.600. The summed E-state index contributed by atoms with van der Waals surface area (Å²) in [5, 5.41) is 3.82. The maximum atomic E-state index is 4.63. The molecule has 3 heteroatoms. The summed E-state index contributed by atoms with van der Waals surface area (Å²) in [5.41, 5.74) is 0. The van der Waals surface area contributed by atoms with Gasteiger partial charge in [-0.15, -0.1) is 0 Å². The van der Waals surface area contributed by atoms with Gasteiger partial charge in [0, 0.05) is 12.8 Å². The average Bonchev–Trinajstić information content (AvgIpc) is 1.91. The fourth-order valence-electron chi connectivity index (χ4n) is 1.07. The zero-order chi connectivity index (χ0) is 6.53. The minimum absolute atomic E-state index is 1.06. The van der Waals surface area contributed by atoms with Crippen molar-refractivity contribution in [3.05, 3.63) is 0 Å². The van der Waals surface area contributed by atoms with E-state index in [1.807, 2.05) is 4.70 Å². The third-order valence-corrected chi connectivity index (χ3v) is 1.53. The topological polar surface area (TPSA) is 24.6 Å². The molecule has 0 radical (unpaired) electrons. The van der Waals surface area contributed by atoms with E-state index >= 15 is 0 Å². The van der Waals surface area contributed by atoms with Gasteiger partial charge in [0.25, 0.3) is 0 Å². The molecule has 9 heavy (non-hydrogen) atoms. The van der Waals surface area contributed by atoms with E-state index in [9.17, 15) is 0 Å². The lowest BCUT2D eigenvalue weighted by molar-refractivity contribution is -0.624. The standard InChI is InChI=1S/C6H13N2O/c1-9-7-8-5-3-2-4-6-8/h2-6H2,1H3/q+1. The Morgan fingerprint density at radius 1 is 1.22 bits per heavy atom. The lowest BCUT2D eigenvalue weighted by Crippen LogP contribution is -2.18. The zero-order valence-electron chi connectivity index (χ0n) is 5.84. The molecule has 0 saturated carbocycles. The second-order valence-corrected chi connectivity index (χ2v) is 2.28. The maximum Gasteiger partial charge on any atom is 0.186 e. The van der Waals surface area contributed by atoms with Crippen LogP contribution in [0.4, 0.5) is 0 Å². The molecule has 1 fully saturated rings. The average molecular weight is 129 g/mol. The first-order chi connectivity index (χ1) is 4.43. The molecule has 0 N–H and O–H groups in total. The van der Waals surface area contributed by atoms with Gasteiger partial charge >= 0.3 is 0 Å². The summed E-state index contributed by atoms with van der Waals surface area (Å²) in [4.78, 5) is 4.63. The van der Waals surface area contributed by atoms with Gasteiger partial charge in [-0.1, -0.05) is 4.70 Å². The molecular weight excluding hydrogens is 116 g/mol. The van der Waals surface area contributed by atoms with Crippen molar-refractivity contribution in [2.75, 3.05) is 20.2 Å². The van der Waals surface area contributed by atoms with E-state index in [-0.39, 0.29) is 0 Å². The van der Waals surface area contributed by atoms with Crippen molar-refractivity contribution >= 4 is 0 Å². The Labute approximate surface area is 55.3 Å². The molecule has 0 spiro atoms. The Balaban J connectivity index is 2.30. The highest BCUT2D eigenvalue weighted by atomic mass is 16.6. The number of rotatable bonds is 1. The zero-order valence-corrected chi connectivity index (χ0v) is 5.84. The van der Waals surface area contributed by atoms with Crippen LogP contribution in [0.15, 0.2) is 5.28 Å². The van der Waals surface area contributed by atoms with Gasteiger partial charge in [0.05, 0.1) is 0 Å². The third-order valence-electron chi connectivity index (χ3n) is 1.53. The van der Waals surface area contributed by atoms with E-state index in [1.54, 1.807) is 7.11 Å². The first kappa shape index (κ1) is 6.52. The monoisotopic (exact) mass is 129 g/mol. The normalized spacial score (nSPS) is 19.4. The molecule has 1 aliphatic heterocycles. The molecule has 52 valence electrons. The van der Waals surface area contributed by atoms with E-state index in [1.165, 1.54) is 19.3 Å². The highest BCUT2D eigenvalue weighted by molar-refractivity contribution is 4.42. The van der Waals surface area contributed by atoms with Gasteiger partial charge in [0.1, 0.15) is 7.11 Å². The van der Waals surface area contributed by atoms with Gasteiger partial charge in [0.2, 0.25) is 0 Å². The molecule has 0 amide bonds. The van der Waals surface area contributed by atoms with Crippen LogP contribution in [0.1, 0.15) is 19.3 Å². The molecule has 0 bridgehead atoms. The van der Waals surface area contributed by atoms with Gasteiger partial charge in [-0.05, 0) is 6.42 Å². The molecule has 1 rings (SSSR count). The molecule has 0 aromatic heterocycles. The van der Waals surface area contributed by atoms with Crippen LogP contribution in [-0.4, -0.2) is 24.9 Å². The molecule has 1 aliphatic rings. The van der Waals surface area contributed by atoms with Gasteiger partial charge in [-0.3, -0.25) is 0 Å². The highest BCUT2D eigenvalue weighted by Crippen LogP contribution is 2.03. The Morgan fingerprint density at radius 3 is 2.44 bits per heavy atom. The largest absolute Gasteiger partial charge is 0.351 e. The molecule has 0 aromatic carbocycles.